The van der Waals surface area contributed by atoms with Crippen molar-refractivity contribution in [1.29, 1.82) is 0 Å². The van der Waals surface area contributed by atoms with Gasteiger partial charge in [0, 0.05) is 15.9 Å². The van der Waals surface area contributed by atoms with Gasteiger partial charge in [-0.15, -0.1) is 15.0 Å². The summed E-state index contributed by atoms with van der Waals surface area (Å²) >= 11 is 9.44. The fraction of sp³-hybridized carbons (Fsp3) is 0.0714. The lowest BCUT2D eigenvalue weighted by atomic mass is 10.2. The molecule has 0 aliphatic heterocycles. The van der Waals surface area contributed by atoms with E-state index in [1.54, 1.807) is 0 Å². The SMILES string of the molecule is Clc1ccc(-n2nnc(-c3ccccc3)n2)c(CBr)c1. The van der Waals surface area contributed by atoms with E-state index >= 15 is 0 Å². The highest BCUT2D eigenvalue weighted by atomic mass is 79.9. The zero-order chi connectivity index (χ0) is 13.9. The molecule has 20 heavy (non-hydrogen) atoms. The maximum atomic E-state index is 6.00. The smallest absolute Gasteiger partial charge is 0.130 e. The van der Waals surface area contributed by atoms with Gasteiger partial charge in [0.15, 0.2) is 0 Å². The van der Waals surface area contributed by atoms with Gasteiger partial charge < -0.3 is 0 Å². The van der Waals surface area contributed by atoms with Gasteiger partial charge in [-0.05, 0) is 29.0 Å². The molecular formula is C14H10BrClN4. The standard InChI is InChI=1S/C14H10BrClN4/c15-9-11-8-12(16)6-7-13(11)20-18-14(17-19-20)10-4-2-1-3-5-10/h1-8H,9H2. The second-order valence-corrected chi connectivity index (χ2v) is 5.17. The molecule has 2 aromatic carbocycles. The third-order valence-electron chi connectivity index (χ3n) is 2.85. The number of hydrogen-bond acceptors (Lipinski definition) is 3. The second kappa shape index (κ2) is 5.73. The van der Waals surface area contributed by atoms with Crippen molar-refractivity contribution in [3.8, 4) is 17.1 Å². The molecule has 1 aromatic heterocycles. The molecule has 0 amide bonds. The maximum absolute atomic E-state index is 6.00. The molecule has 0 bridgehead atoms. The predicted octanol–water partition coefficient (Wildman–Crippen LogP) is 3.88. The lowest BCUT2D eigenvalue weighted by molar-refractivity contribution is 0.715. The van der Waals surface area contributed by atoms with Crippen LogP contribution < -0.4 is 0 Å². The van der Waals surface area contributed by atoms with Crippen LogP contribution in [0.5, 0.6) is 0 Å². The van der Waals surface area contributed by atoms with Crippen LogP contribution in [0.2, 0.25) is 5.02 Å². The Morgan fingerprint density at radius 2 is 1.90 bits per heavy atom. The summed E-state index contributed by atoms with van der Waals surface area (Å²) in [6, 6.07) is 15.3. The summed E-state index contributed by atoms with van der Waals surface area (Å²) in [6.45, 7) is 0. The molecule has 1 heterocycles. The molecule has 4 nitrogen and oxygen atoms in total. The van der Waals surface area contributed by atoms with Crippen molar-refractivity contribution in [2.75, 3.05) is 0 Å². The maximum Gasteiger partial charge on any atom is 0.205 e. The molecule has 3 rings (SSSR count). The van der Waals surface area contributed by atoms with Crippen molar-refractivity contribution in [3.63, 3.8) is 0 Å². The first-order chi connectivity index (χ1) is 9.78. The Balaban J connectivity index is 2.02. The minimum absolute atomic E-state index is 0.598. The number of halogens is 2. The summed E-state index contributed by atoms with van der Waals surface area (Å²) < 4.78 is 0. The summed E-state index contributed by atoms with van der Waals surface area (Å²) in [5, 5.41) is 14.0. The van der Waals surface area contributed by atoms with E-state index in [0.717, 1.165) is 16.8 Å². The molecule has 0 fully saturated rings. The van der Waals surface area contributed by atoms with Gasteiger partial charge >= 0.3 is 0 Å². The van der Waals surface area contributed by atoms with Crippen LogP contribution >= 0.6 is 27.5 Å². The number of alkyl halides is 1. The van der Waals surface area contributed by atoms with Crippen molar-refractivity contribution in [3.05, 3.63) is 59.1 Å². The monoisotopic (exact) mass is 348 g/mol. The largest absolute Gasteiger partial charge is 0.205 e. The van der Waals surface area contributed by atoms with E-state index in [2.05, 4.69) is 31.3 Å². The van der Waals surface area contributed by atoms with Gasteiger partial charge in [-0.3, -0.25) is 0 Å². The van der Waals surface area contributed by atoms with Crippen LogP contribution in [0.4, 0.5) is 0 Å². The molecule has 100 valence electrons. The third-order valence-corrected chi connectivity index (χ3v) is 3.69. The van der Waals surface area contributed by atoms with Gasteiger partial charge in [0.2, 0.25) is 5.82 Å². The molecule has 0 spiro atoms. The van der Waals surface area contributed by atoms with Crippen molar-refractivity contribution in [2.24, 2.45) is 0 Å². The quantitative estimate of drug-likeness (QED) is 0.674. The van der Waals surface area contributed by atoms with Crippen LogP contribution in [0.25, 0.3) is 17.1 Å². The third kappa shape index (κ3) is 2.59. The molecule has 3 aromatic rings. The predicted molar refractivity (Wildman–Crippen MR) is 82.2 cm³/mol. The van der Waals surface area contributed by atoms with Gasteiger partial charge in [-0.1, -0.05) is 57.9 Å². The summed E-state index contributed by atoms with van der Waals surface area (Å²) in [5.41, 5.74) is 2.81. The van der Waals surface area contributed by atoms with Crippen molar-refractivity contribution in [1.82, 2.24) is 20.2 Å². The molecule has 0 saturated carbocycles. The van der Waals surface area contributed by atoms with Gasteiger partial charge in [0.1, 0.15) is 0 Å². The number of nitrogens with zero attached hydrogens (tertiary/aromatic N) is 4. The van der Waals surface area contributed by atoms with Crippen LogP contribution in [0.3, 0.4) is 0 Å². The van der Waals surface area contributed by atoms with Gasteiger partial charge in [0.25, 0.3) is 0 Å². The summed E-state index contributed by atoms with van der Waals surface area (Å²) in [6.07, 6.45) is 0. The number of rotatable bonds is 3. The Labute approximate surface area is 129 Å². The topological polar surface area (TPSA) is 43.6 Å². The van der Waals surface area contributed by atoms with Gasteiger partial charge in [-0.25, -0.2) is 0 Å². The van der Waals surface area contributed by atoms with Crippen LogP contribution in [-0.2, 0) is 5.33 Å². The fourth-order valence-corrected chi connectivity index (χ4v) is 2.52. The van der Waals surface area contributed by atoms with E-state index in [1.807, 2.05) is 48.5 Å². The van der Waals surface area contributed by atoms with Gasteiger partial charge in [-0.2, -0.15) is 0 Å². The fourth-order valence-electron chi connectivity index (χ4n) is 1.88. The summed E-state index contributed by atoms with van der Waals surface area (Å²) in [4.78, 5) is 1.52. The Hall–Kier alpha value is -1.72. The Bertz CT molecular complexity index is 727. The molecule has 0 saturated heterocycles. The normalized spacial score (nSPS) is 10.7. The van der Waals surface area contributed by atoms with Crippen LogP contribution in [0, 0.1) is 0 Å². The first-order valence-electron chi connectivity index (χ1n) is 5.98. The lowest BCUT2D eigenvalue weighted by Crippen LogP contribution is -2.02. The molecule has 0 aliphatic rings. The van der Waals surface area contributed by atoms with Crippen molar-refractivity contribution >= 4 is 27.5 Å². The first kappa shape index (κ1) is 13.3. The average molecular weight is 350 g/mol. The minimum Gasteiger partial charge on any atom is -0.130 e. The first-order valence-corrected chi connectivity index (χ1v) is 7.48. The van der Waals surface area contributed by atoms with Crippen LogP contribution in [-0.4, -0.2) is 20.2 Å². The lowest BCUT2D eigenvalue weighted by Gasteiger charge is -2.05. The summed E-state index contributed by atoms with van der Waals surface area (Å²) in [7, 11) is 0. The molecule has 0 unspecified atom stereocenters. The molecular weight excluding hydrogens is 340 g/mol. The van der Waals surface area contributed by atoms with Crippen molar-refractivity contribution < 1.29 is 0 Å². The number of hydrogen-bond donors (Lipinski definition) is 0. The van der Waals surface area contributed by atoms with E-state index in [-0.39, 0.29) is 0 Å². The molecule has 0 aliphatic carbocycles. The number of benzene rings is 2. The van der Waals surface area contributed by atoms with Crippen molar-refractivity contribution in [2.45, 2.75) is 5.33 Å². The second-order valence-electron chi connectivity index (χ2n) is 4.18. The molecule has 0 N–H and O–H groups in total. The van der Waals surface area contributed by atoms with E-state index in [4.69, 9.17) is 11.6 Å². The number of aromatic nitrogens is 4. The zero-order valence-corrected chi connectivity index (χ0v) is 12.7. The number of tetrazole rings is 1. The molecule has 6 heteroatoms. The van der Waals surface area contributed by atoms with Crippen LogP contribution in [0.15, 0.2) is 48.5 Å². The van der Waals surface area contributed by atoms with E-state index in [0.29, 0.717) is 16.2 Å². The zero-order valence-electron chi connectivity index (χ0n) is 10.4. The molecule has 0 radical (unpaired) electrons. The van der Waals surface area contributed by atoms with E-state index in [1.165, 1.54) is 4.80 Å². The van der Waals surface area contributed by atoms with Crippen LogP contribution in [0.1, 0.15) is 5.56 Å². The summed E-state index contributed by atoms with van der Waals surface area (Å²) in [5.74, 6) is 0.598. The van der Waals surface area contributed by atoms with E-state index < -0.39 is 0 Å². The highest BCUT2D eigenvalue weighted by Crippen LogP contribution is 2.22. The highest BCUT2D eigenvalue weighted by molar-refractivity contribution is 9.08. The Morgan fingerprint density at radius 1 is 1.10 bits per heavy atom. The molecule has 0 atom stereocenters. The minimum atomic E-state index is 0.598. The van der Waals surface area contributed by atoms with E-state index in [9.17, 15) is 0 Å². The van der Waals surface area contributed by atoms with Gasteiger partial charge in [0.05, 0.1) is 5.69 Å². The Morgan fingerprint density at radius 3 is 2.65 bits per heavy atom. The highest BCUT2D eigenvalue weighted by Gasteiger charge is 2.10. The Kier molecular flexibility index (Phi) is 3.80. The average Bonchev–Trinajstić information content (AvgIpc) is 2.97.